The molecule has 0 aromatic heterocycles. The van der Waals surface area contributed by atoms with E-state index in [0.29, 0.717) is 0 Å². The van der Waals surface area contributed by atoms with Crippen LogP contribution in [0.2, 0.25) is 0 Å². The summed E-state index contributed by atoms with van der Waals surface area (Å²) in [6.07, 6.45) is 2.04. The molecule has 2 bridgehead atoms. The minimum absolute atomic E-state index is 0.0508. The van der Waals surface area contributed by atoms with Crippen LogP contribution in [0.4, 0.5) is 0 Å². The second-order valence-electron chi connectivity index (χ2n) is 10.1. The van der Waals surface area contributed by atoms with Crippen molar-refractivity contribution >= 4 is 5.97 Å². The first-order valence-corrected chi connectivity index (χ1v) is 12.2. The Kier molecular flexibility index (Phi) is 5.03. The van der Waals surface area contributed by atoms with Crippen molar-refractivity contribution in [1.29, 1.82) is 0 Å². The number of hydrogen-bond donors (Lipinski definition) is 0. The van der Waals surface area contributed by atoms with Gasteiger partial charge in [0.15, 0.2) is 0 Å². The Labute approximate surface area is 201 Å². The van der Waals surface area contributed by atoms with Gasteiger partial charge < -0.3 is 9.47 Å². The monoisotopic (exact) mass is 453 g/mol. The zero-order valence-corrected chi connectivity index (χ0v) is 19.9. The van der Waals surface area contributed by atoms with Gasteiger partial charge in [-0.3, -0.25) is 9.69 Å². The van der Waals surface area contributed by atoms with Crippen molar-refractivity contribution in [2.45, 2.75) is 30.7 Å². The molecule has 7 rings (SSSR count). The molecule has 0 amide bonds. The van der Waals surface area contributed by atoms with E-state index in [0.717, 1.165) is 38.2 Å². The first-order chi connectivity index (χ1) is 16.6. The van der Waals surface area contributed by atoms with Crippen LogP contribution in [0.1, 0.15) is 41.0 Å². The molecule has 4 nitrogen and oxygen atoms in total. The van der Waals surface area contributed by atoms with E-state index in [9.17, 15) is 4.79 Å². The zero-order chi connectivity index (χ0) is 23.3. The van der Waals surface area contributed by atoms with Crippen LogP contribution in [0.25, 0.3) is 0 Å². The maximum absolute atomic E-state index is 13.8. The lowest BCUT2D eigenvalue weighted by Gasteiger charge is -2.59. The third-order valence-corrected chi connectivity index (χ3v) is 8.83. The van der Waals surface area contributed by atoms with E-state index >= 15 is 0 Å². The Bertz CT molecular complexity index is 1210. The summed E-state index contributed by atoms with van der Waals surface area (Å²) in [7, 11) is 3.26. The van der Waals surface area contributed by atoms with E-state index in [2.05, 4.69) is 83.8 Å². The summed E-state index contributed by atoms with van der Waals surface area (Å²) in [6.45, 7) is 2.45. The summed E-state index contributed by atoms with van der Waals surface area (Å²) < 4.78 is 11.1. The van der Waals surface area contributed by atoms with E-state index in [1.807, 2.05) is 0 Å². The molecular weight excluding hydrogens is 422 g/mol. The van der Waals surface area contributed by atoms with Crippen molar-refractivity contribution in [2.24, 2.45) is 11.3 Å². The molecule has 4 atom stereocenters. The molecule has 1 heterocycles. The van der Waals surface area contributed by atoms with Crippen LogP contribution < -0.4 is 4.74 Å². The van der Waals surface area contributed by atoms with Crippen molar-refractivity contribution in [2.75, 3.05) is 27.3 Å². The van der Waals surface area contributed by atoms with Crippen LogP contribution in [0, 0.1) is 11.3 Å². The lowest BCUT2D eigenvalue weighted by atomic mass is 9.42. The number of esters is 1. The first-order valence-electron chi connectivity index (χ1n) is 12.2. The van der Waals surface area contributed by atoms with Crippen molar-refractivity contribution in [1.82, 2.24) is 4.90 Å². The molecule has 1 aliphatic heterocycles. The summed E-state index contributed by atoms with van der Waals surface area (Å²) in [4.78, 5) is 16.3. The average molecular weight is 454 g/mol. The van der Waals surface area contributed by atoms with E-state index in [4.69, 9.17) is 9.47 Å². The fraction of sp³-hybridized carbons (Fsp3) is 0.367. The molecule has 4 aliphatic rings. The number of rotatable bonds is 5. The number of fused-ring (bicyclic) bond motifs is 1. The zero-order valence-electron chi connectivity index (χ0n) is 19.9. The van der Waals surface area contributed by atoms with Gasteiger partial charge in [-0.2, -0.15) is 0 Å². The Balaban J connectivity index is 1.53. The average Bonchev–Trinajstić information content (AvgIpc) is 3.30. The Morgan fingerprint density at radius 2 is 1.71 bits per heavy atom. The first kappa shape index (κ1) is 21.4. The minimum Gasteiger partial charge on any atom is -0.497 e. The molecule has 0 N–H and O–H groups in total. The smallest absolute Gasteiger partial charge is 0.314 e. The molecule has 2 fully saturated rings. The number of hydrogen-bond acceptors (Lipinski definition) is 4. The van der Waals surface area contributed by atoms with Crippen LogP contribution >= 0.6 is 0 Å². The van der Waals surface area contributed by atoms with Crippen molar-refractivity contribution in [3.8, 4) is 5.75 Å². The topological polar surface area (TPSA) is 38.8 Å². The van der Waals surface area contributed by atoms with Gasteiger partial charge in [-0.25, -0.2) is 0 Å². The number of carbonyl (C=O) groups is 1. The van der Waals surface area contributed by atoms with Gasteiger partial charge in [0.2, 0.25) is 0 Å². The molecule has 0 radical (unpaired) electrons. The Morgan fingerprint density at radius 3 is 2.44 bits per heavy atom. The summed E-state index contributed by atoms with van der Waals surface area (Å²) in [5.41, 5.74) is 4.51. The van der Waals surface area contributed by atoms with Crippen molar-refractivity contribution < 1.29 is 14.3 Å². The second-order valence-corrected chi connectivity index (χ2v) is 10.1. The van der Waals surface area contributed by atoms with E-state index in [1.54, 1.807) is 14.2 Å². The number of nitrogens with zero attached hydrogens (tertiary/aromatic N) is 1. The van der Waals surface area contributed by atoms with E-state index in [-0.39, 0.29) is 23.2 Å². The summed E-state index contributed by atoms with van der Waals surface area (Å²) in [5, 5.41) is 0. The molecule has 174 valence electrons. The van der Waals surface area contributed by atoms with Crippen molar-refractivity contribution in [3.63, 3.8) is 0 Å². The molecular formula is C30H31NO3. The van der Waals surface area contributed by atoms with Gasteiger partial charge in [-0.05, 0) is 47.2 Å². The third kappa shape index (κ3) is 2.84. The van der Waals surface area contributed by atoms with E-state index < -0.39 is 5.41 Å². The number of benzene rings is 3. The van der Waals surface area contributed by atoms with Crippen LogP contribution in [-0.4, -0.2) is 38.2 Å². The van der Waals surface area contributed by atoms with Gasteiger partial charge in [0.1, 0.15) is 5.75 Å². The molecule has 3 aliphatic carbocycles. The van der Waals surface area contributed by atoms with Gasteiger partial charge >= 0.3 is 5.97 Å². The third-order valence-electron chi connectivity index (χ3n) is 8.83. The van der Waals surface area contributed by atoms with Crippen molar-refractivity contribution in [3.05, 3.63) is 101 Å². The van der Waals surface area contributed by atoms with Gasteiger partial charge in [0.05, 0.1) is 19.6 Å². The Morgan fingerprint density at radius 1 is 0.971 bits per heavy atom. The lowest BCUT2D eigenvalue weighted by molar-refractivity contribution is -0.161. The second kappa shape index (κ2) is 7.99. The highest BCUT2D eigenvalue weighted by Gasteiger charge is 2.70. The highest BCUT2D eigenvalue weighted by atomic mass is 16.5. The summed E-state index contributed by atoms with van der Waals surface area (Å²) >= 11 is 0. The molecule has 3 aromatic rings. The lowest BCUT2D eigenvalue weighted by Crippen LogP contribution is -2.60. The number of carbonyl (C=O) groups excluding carboxylic acids is 1. The number of methoxy groups -OCH3 is 2. The molecule has 0 spiro atoms. The summed E-state index contributed by atoms with van der Waals surface area (Å²) in [5.74, 6) is 1.14. The van der Waals surface area contributed by atoms with Gasteiger partial charge in [0, 0.05) is 36.9 Å². The maximum Gasteiger partial charge on any atom is 0.314 e. The highest BCUT2D eigenvalue weighted by molar-refractivity contribution is 5.82. The van der Waals surface area contributed by atoms with Crippen LogP contribution in [0.3, 0.4) is 0 Å². The van der Waals surface area contributed by atoms with Crippen LogP contribution in [-0.2, 0) is 21.5 Å². The molecule has 4 unspecified atom stereocenters. The quantitative estimate of drug-likeness (QED) is 0.500. The standard InChI is InChI=1S/C30H31NO3/c1-33-23-14-12-22(13-15-23)29-17-16-26(24-10-6-7-11-25(24)29)30(28(32)34-2)20-31(19-27(29)30)18-21-8-4-3-5-9-21/h3-15,26-27H,16-20H2,1-2H3. The molecule has 1 saturated heterocycles. The Hall–Kier alpha value is -3.11. The molecule has 4 heteroatoms. The number of ether oxygens (including phenoxy) is 2. The summed E-state index contributed by atoms with van der Waals surface area (Å²) in [6, 6.07) is 28.0. The molecule has 34 heavy (non-hydrogen) atoms. The predicted octanol–water partition coefficient (Wildman–Crippen LogP) is 5.16. The fourth-order valence-corrected chi connectivity index (χ4v) is 7.57. The fourth-order valence-electron chi connectivity index (χ4n) is 7.57. The normalized spacial score (nSPS) is 29.4. The SMILES string of the molecule is COC(=O)C12CN(Cc3ccccc3)CC1C1(c3ccc(OC)cc3)CCC2c2ccccc21. The largest absolute Gasteiger partial charge is 0.497 e. The molecule has 1 saturated carbocycles. The number of likely N-dealkylation sites (tertiary alicyclic amines) is 1. The van der Waals surface area contributed by atoms with E-state index in [1.165, 1.54) is 22.3 Å². The highest BCUT2D eigenvalue weighted by Crippen LogP contribution is 2.69. The molecule has 3 aromatic carbocycles. The van der Waals surface area contributed by atoms with Crippen LogP contribution in [0.15, 0.2) is 78.9 Å². The van der Waals surface area contributed by atoms with Gasteiger partial charge in [-0.1, -0.05) is 66.7 Å². The van der Waals surface area contributed by atoms with Gasteiger partial charge in [0.25, 0.3) is 0 Å². The van der Waals surface area contributed by atoms with Crippen LogP contribution in [0.5, 0.6) is 5.75 Å². The minimum atomic E-state index is -0.546. The van der Waals surface area contributed by atoms with Gasteiger partial charge in [-0.15, -0.1) is 0 Å². The predicted molar refractivity (Wildman–Crippen MR) is 132 cm³/mol. The maximum atomic E-state index is 13.8.